The van der Waals surface area contributed by atoms with Crippen molar-refractivity contribution in [3.8, 4) is 0 Å². The average molecular weight is 313 g/mol. The molecule has 104 valence electrons. The molecule has 3 nitrogen and oxygen atoms in total. The normalized spacial score (nSPS) is 14.6. The number of hydrogen-bond acceptors (Lipinski definition) is 2. The van der Waals surface area contributed by atoms with Gasteiger partial charge in [-0.15, -0.1) is 0 Å². The van der Waals surface area contributed by atoms with Crippen LogP contribution in [0.3, 0.4) is 0 Å². The van der Waals surface area contributed by atoms with E-state index in [0.717, 1.165) is 12.8 Å². The van der Waals surface area contributed by atoms with Crippen LogP contribution >= 0.6 is 23.2 Å². The summed E-state index contributed by atoms with van der Waals surface area (Å²) in [5.41, 5.74) is 0.466. The molecule has 1 aromatic carbocycles. The smallest absolute Gasteiger partial charge is 0.255 e. The molecule has 0 amide bonds. The van der Waals surface area contributed by atoms with Crippen molar-refractivity contribution in [1.29, 1.82) is 0 Å². The van der Waals surface area contributed by atoms with Gasteiger partial charge in [-0.2, -0.15) is 0 Å². The second-order valence-corrected chi connectivity index (χ2v) is 5.67. The highest BCUT2D eigenvalue weighted by Crippen LogP contribution is 2.39. The molecule has 1 aliphatic rings. The molecule has 0 N–H and O–H groups in total. The average Bonchev–Trinajstić information content (AvgIpc) is 3.19. The molecule has 1 aromatic heterocycles. The third-order valence-electron chi connectivity index (χ3n) is 3.29. The molecule has 1 saturated carbocycles. The molecule has 0 radical (unpaired) electrons. The lowest BCUT2D eigenvalue weighted by Gasteiger charge is -2.12. The van der Waals surface area contributed by atoms with E-state index >= 15 is 0 Å². The van der Waals surface area contributed by atoms with Gasteiger partial charge in [-0.25, -0.2) is 9.37 Å². The molecule has 3 rings (SSSR count). The van der Waals surface area contributed by atoms with Crippen molar-refractivity contribution >= 4 is 23.2 Å². The first-order chi connectivity index (χ1) is 9.54. The fourth-order valence-electron chi connectivity index (χ4n) is 2.13. The largest absolute Gasteiger partial charge is 0.292 e. The highest BCUT2D eigenvalue weighted by Gasteiger charge is 2.29. The van der Waals surface area contributed by atoms with E-state index < -0.39 is 5.82 Å². The van der Waals surface area contributed by atoms with Gasteiger partial charge in [0.05, 0.1) is 6.54 Å². The zero-order chi connectivity index (χ0) is 14.3. The Morgan fingerprint density at radius 3 is 2.70 bits per heavy atom. The minimum atomic E-state index is -0.400. The Hall–Kier alpha value is -1.39. The van der Waals surface area contributed by atoms with Gasteiger partial charge in [0.15, 0.2) is 0 Å². The molecule has 1 aliphatic carbocycles. The van der Waals surface area contributed by atoms with E-state index in [-0.39, 0.29) is 23.2 Å². The van der Waals surface area contributed by atoms with Crippen LogP contribution in [0.1, 0.15) is 30.1 Å². The number of halogens is 3. The second-order valence-electron chi connectivity index (χ2n) is 4.87. The monoisotopic (exact) mass is 312 g/mol. The van der Waals surface area contributed by atoms with Crippen molar-refractivity contribution < 1.29 is 4.39 Å². The molecule has 6 heteroatoms. The van der Waals surface area contributed by atoms with Gasteiger partial charge < -0.3 is 0 Å². The molecule has 20 heavy (non-hydrogen) atoms. The van der Waals surface area contributed by atoms with Crippen molar-refractivity contribution in [2.75, 3.05) is 0 Å². The minimum Gasteiger partial charge on any atom is -0.292 e. The van der Waals surface area contributed by atoms with Crippen molar-refractivity contribution in [2.45, 2.75) is 25.3 Å². The Morgan fingerprint density at radius 1 is 1.30 bits per heavy atom. The van der Waals surface area contributed by atoms with Crippen LogP contribution in [0.25, 0.3) is 0 Å². The van der Waals surface area contributed by atoms with Crippen LogP contribution in [0.2, 0.25) is 10.2 Å². The third kappa shape index (κ3) is 2.72. The maximum Gasteiger partial charge on any atom is 0.255 e. The number of aromatic nitrogens is 2. The fourth-order valence-corrected chi connectivity index (χ4v) is 2.53. The van der Waals surface area contributed by atoms with Gasteiger partial charge in [0.1, 0.15) is 16.8 Å². The molecule has 0 atom stereocenters. The zero-order valence-corrected chi connectivity index (χ0v) is 12.0. The summed E-state index contributed by atoms with van der Waals surface area (Å²) < 4.78 is 14.6. The Balaban J connectivity index is 2.04. The SMILES string of the molecule is O=c1cc(Cl)nc(C2CC2)n1Cc1ccc(F)cc1Cl. The molecule has 1 fully saturated rings. The maximum absolute atomic E-state index is 13.1. The first kappa shape index (κ1) is 13.6. The predicted molar refractivity (Wildman–Crippen MR) is 76.0 cm³/mol. The van der Waals surface area contributed by atoms with Gasteiger partial charge in [-0.1, -0.05) is 29.3 Å². The van der Waals surface area contributed by atoms with E-state index in [1.807, 2.05) is 0 Å². The van der Waals surface area contributed by atoms with Crippen LogP contribution < -0.4 is 5.56 Å². The van der Waals surface area contributed by atoms with E-state index in [0.29, 0.717) is 16.4 Å². The molecule has 0 bridgehead atoms. The molecule has 0 saturated heterocycles. The highest BCUT2D eigenvalue weighted by molar-refractivity contribution is 6.31. The van der Waals surface area contributed by atoms with Gasteiger partial charge in [-0.3, -0.25) is 9.36 Å². The Labute approximate surface area is 125 Å². The van der Waals surface area contributed by atoms with Crippen LogP contribution in [0, 0.1) is 5.82 Å². The molecular formula is C14H11Cl2FN2O. The molecular weight excluding hydrogens is 302 g/mol. The summed E-state index contributed by atoms with van der Waals surface area (Å²) in [4.78, 5) is 16.3. The fraction of sp³-hybridized carbons (Fsp3) is 0.286. The van der Waals surface area contributed by atoms with Crippen molar-refractivity contribution in [1.82, 2.24) is 9.55 Å². The lowest BCUT2D eigenvalue weighted by Crippen LogP contribution is -2.24. The van der Waals surface area contributed by atoms with E-state index in [1.165, 1.54) is 18.2 Å². The lowest BCUT2D eigenvalue weighted by molar-refractivity contribution is 0.624. The van der Waals surface area contributed by atoms with E-state index in [9.17, 15) is 9.18 Å². The Kier molecular flexibility index (Phi) is 3.52. The van der Waals surface area contributed by atoms with E-state index in [4.69, 9.17) is 23.2 Å². The summed E-state index contributed by atoms with van der Waals surface area (Å²) in [7, 11) is 0. The Bertz CT molecular complexity index is 726. The molecule has 0 unspecified atom stereocenters. The summed E-state index contributed by atoms with van der Waals surface area (Å²) in [5, 5.41) is 0.506. The van der Waals surface area contributed by atoms with Crippen molar-refractivity contribution in [3.05, 3.63) is 62.0 Å². The number of nitrogens with zero attached hydrogens (tertiary/aromatic N) is 2. The number of rotatable bonds is 3. The quantitative estimate of drug-likeness (QED) is 0.811. The number of benzene rings is 1. The zero-order valence-electron chi connectivity index (χ0n) is 10.4. The highest BCUT2D eigenvalue weighted by atomic mass is 35.5. The number of hydrogen-bond donors (Lipinski definition) is 0. The van der Waals surface area contributed by atoms with Gasteiger partial charge in [-0.05, 0) is 30.5 Å². The lowest BCUT2D eigenvalue weighted by atomic mass is 10.2. The Morgan fingerprint density at radius 2 is 2.05 bits per heavy atom. The topological polar surface area (TPSA) is 34.9 Å². The summed E-state index contributed by atoms with van der Waals surface area (Å²) in [6, 6.07) is 5.43. The summed E-state index contributed by atoms with van der Waals surface area (Å²) in [6.07, 6.45) is 2.01. The van der Waals surface area contributed by atoms with Gasteiger partial charge >= 0.3 is 0 Å². The second kappa shape index (κ2) is 5.19. The molecule has 0 aliphatic heterocycles. The molecule has 1 heterocycles. The predicted octanol–water partition coefficient (Wildman–Crippen LogP) is 3.61. The van der Waals surface area contributed by atoms with E-state index in [1.54, 1.807) is 10.6 Å². The van der Waals surface area contributed by atoms with Crippen molar-refractivity contribution in [2.24, 2.45) is 0 Å². The summed E-state index contributed by atoms with van der Waals surface area (Å²) in [5.74, 6) is 0.561. The molecule has 0 spiro atoms. The summed E-state index contributed by atoms with van der Waals surface area (Å²) in [6.45, 7) is 0.272. The van der Waals surface area contributed by atoms with Gasteiger partial charge in [0.2, 0.25) is 0 Å². The first-order valence-corrected chi connectivity index (χ1v) is 7.01. The molecule has 2 aromatic rings. The standard InChI is InChI=1S/C14H11Cl2FN2O/c15-11-5-10(17)4-3-9(11)7-19-13(20)6-12(16)18-14(19)8-1-2-8/h3-6,8H,1-2,7H2. The van der Waals surface area contributed by atoms with Crippen LogP contribution in [0.4, 0.5) is 4.39 Å². The maximum atomic E-state index is 13.1. The van der Waals surface area contributed by atoms with E-state index in [2.05, 4.69) is 4.98 Å². The van der Waals surface area contributed by atoms with Crippen molar-refractivity contribution in [3.63, 3.8) is 0 Å². The van der Waals surface area contributed by atoms with Crippen LogP contribution in [-0.4, -0.2) is 9.55 Å². The summed E-state index contributed by atoms with van der Waals surface area (Å²) >= 11 is 11.9. The minimum absolute atomic E-state index is 0.207. The van der Waals surface area contributed by atoms with Gasteiger partial charge in [0.25, 0.3) is 5.56 Å². The van der Waals surface area contributed by atoms with Crippen LogP contribution in [0.5, 0.6) is 0 Å². The van der Waals surface area contributed by atoms with Crippen LogP contribution in [0.15, 0.2) is 29.1 Å². The first-order valence-electron chi connectivity index (χ1n) is 6.26. The third-order valence-corrected chi connectivity index (χ3v) is 3.84. The van der Waals surface area contributed by atoms with Gasteiger partial charge in [0, 0.05) is 17.0 Å². The van der Waals surface area contributed by atoms with Crippen LogP contribution in [-0.2, 0) is 6.54 Å².